The number of hydrogen-bond acceptors (Lipinski definition) is 2. The summed E-state index contributed by atoms with van der Waals surface area (Å²) in [5, 5.41) is 4.13. The maximum Gasteiger partial charge on any atom is 0.271 e. The molecule has 1 fully saturated rings. The van der Waals surface area contributed by atoms with Crippen LogP contribution in [0.1, 0.15) is 10.4 Å². The summed E-state index contributed by atoms with van der Waals surface area (Å²) in [4.78, 5) is 15.8. The Kier molecular flexibility index (Phi) is 3.27. The van der Waals surface area contributed by atoms with Crippen LogP contribution in [0.5, 0.6) is 0 Å². The van der Waals surface area contributed by atoms with E-state index in [2.05, 4.69) is 10.5 Å². The molecule has 0 aromatic heterocycles. The number of nitrogens with zero attached hydrogens (tertiary/aromatic N) is 3. The molecule has 5 heteroatoms. The van der Waals surface area contributed by atoms with Gasteiger partial charge in [0.25, 0.3) is 5.91 Å². The van der Waals surface area contributed by atoms with E-state index in [-0.39, 0.29) is 5.91 Å². The number of likely N-dealkylation sites (N-methyl/N-ethyl adjacent to an activating group) is 2. The molecule has 1 heterocycles. The quantitative estimate of drug-likeness (QED) is 0.758. The van der Waals surface area contributed by atoms with E-state index in [9.17, 15) is 4.79 Å². The number of nitrogens with one attached hydrogen (secondary N) is 1. The molecule has 2 rings (SSSR count). The van der Waals surface area contributed by atoms with Gasteiger partial charge in [0.1, 0.15) is 0 Å². The van der Waals surface area contributed by atoms with Crippen molar-refractivity contribution in [3.8, 4) is 0 Å². The highest BCUT2D eigenvalue weighted by atomic mass is 16.2. The van der Waals surface area contributed by atoms with Crippen LogP contribution in [0.25, 0.3) is 0 Å². The Bertz CT molecular complexity index is 417. The number of hydrogen-bond donors (Lipinski definition) is 1. The molecule has 0 saturated carbocycles. The number of amides is 1. The summed E-state index contributed by atoms with van der Waals surface area (Å²) < 4.78 is 0. The van der Waals surface area contributed by atoms with Gasteiger partial charge < -0.3 is 9.80 Å². The predicted molar refractivity (Wildman–Crippen MR) is 66.6 cm³/mol. The zero-order valence-corrected chi connectivity index (χ0v) is 10.1. The van der Waals surface area contributed by atoms with Gasteiger partial charge in [-0.15, -0.1) is 5.10 Å². The van der Waals surface area contributed by atoms with Crippen molar-refractivity contribution >= 4 is 11.9 Å². The molecule has 0 spiro atoms. The fraction of sp³-hybridized carbons (Fsp3) is 0.333. The minimum Gasteiger partial charge on any atom is -0.343 e. The average molecular weight is 232 g/mol. The van der Waals surface area contributed by atoms with E-state index in [1.807, 2.05) is 42.1 Å². The van der Waals surface area contributed by atoms with E-state index < -0.39 is 0 Å². The smallest absolute Gasteiger partial charge is 0.271 e. The molecule has 1 aliphatic rings. The molecule has 0 radical (unpaired) electrons. The molecule has 5 nitrogen and oxygen atoms in total. The zero-order valence-electron chi connectivity index (χ0n) is 10.1. The molecule has 17 heavy (non-hydrogen) atoms. The van der Waals surface area contributed by atoms with Crippen molar-refractivity contribution in [2.45, 2.75) is 0 Å². The first kappa shape index (κ1) is 11.4. The van der Waals surface area contributed by atoms with Gasteiger partial charge in [0.2, 0.25) is 5.96 Å². The van der Waals surface area contributed by atoms with Crippen molar-refractivity contribution in [1.82, 2.24) is 15.2 Å². The summed E-state index contributed by atoms with van der Waals surface area (Å²) in [6.07, 6.45) is 0. The Morgan fingerprint density at radius 3 is 2.35 bits per heavy atom. The second-order valence-electron chi connectivity index (χ2n) is 4.06. The summed E-state index contributed by atoms with van der Waals surface area (Å²) in [6.45, 7) is 1.85. The highest BCUT2D eigenvalue weighted by molar-refractivity contribution is 5.95. The minimum atomic E-state index is -0.188. The largest absolute Gasteiger partial charge is 0.343 e. The molecule has 0 unspecified atom stereocenters. The van der Waals surface area contributed by atoms with Crippen molar-refractivity contribution in [3.05, 3.63) is 35.9 Å². The lowest BCUT2D eigenvalue weighted by Crippen LogP contribution is -2.32. The Morgan fingerprint density at radius 2 is 1.76 bits per heavy atom. The van der Waals surface area contributed by atoms with E-state index in [1.54, 1.807) is 12.1 Å². The van der Waals surface area contributed by atoms with E-state index >= 15 is 0 Å². The van der Waals surface area contributed by atoms with Gasteiger partial charge in [0, 0.05) is 32.7 Å². The molecule has 0 aliphatic carbocycles. The number of benzene rings is 1. The van der Waals surface area contributed by atoms with E-state index in [0.717, 1.165) is 19.0 Å². The number of carbonyl (C=O) groups is 1. The van der Waals surface area contributed by atoms with E-state index in [4.69, 9.17) is 0 Å². The predicted octanol–water partition coefficient (Wildman–Crippen LogP) is 0.565. The van der Waals surface area contributed by atoms with Crippen molar-refractivity contribution in [1.29, 1.82) is 0 Å². The van der Waals surface area contributed by atoms with Gasteiger partial charge in [0.15, 0.2) is 0 Å². The van der Waals surface area contributed by atoms with Gasteiger partial charge >= 0.3 is 0 Å². The van der Waals surface area contributed by atoms with E-state index in [0.29, 0.717) is 5.56 Å². The van der Waals surface area contributed by atoms with Crippen LogP contribution >= 0.6 is 0 Å². The maximum atomic E-state index is 11.8. The van der Waals surface area contributed by atoms with Crippen LogP contribution in [-0.4, -0.2) is 48.9 Å². The Labute approximate surface area is 101 Å². The first-order chi connectivity index (χ1) is 8.18. The van der Waals surface area contributed by atoms with Crippen LogP contribution in [-0.2, 0) is 0 Å². The standard InChI is InChI=1S/C12H16N4O/c1-15-8-9-16(2)12(15)14-13-11(17)10-6-4-3-5-7-10/h3-7H,8-9H2,1-2H3,(H,13,17). The lowest BCUT2D eigenvalue weighted by molar-refractivity contribution is 0.0954. The summed E-state index contributed by atoms with van der Waals surface area (Å²) >= 11 is 0. The summed E-state index contributed by atoms with van der Waals surface area (Å²) in [6, 6.07) is 9.06. The summed E-state index contributed by atoms with van der Waals surface area (Å²) in [5.41, 5.74) is 3.18. The third-order valence-corrected chi connectivity index (χ3v) is 2.75. The monoisotopic (exact) mass is 232 g/mol. The summed E-state index contributed by atoms with van der Waals surface area (Å²) in [5.74, 6) is 0.598. The second kappa shape index (κ2) is 4.86. The molecule has 1 amide bonds. The molecule has 0 bridgehead atoms. The molecule has 1 aromatic rings. The van der Waals surface area contributed by atoms with Crippen LogP contribution in [0.4, 0.5) is 0 Å². The van der Waals surface area contributed by atoms with Crippen molar-refractivity contribution in [3.63, 3.8) is 0 Å². The number of guanidine groups is 1. The third kappa shape index (κ3) is 2.55. The highest BCUT2D eigenvalue weighted by Crippen LogP contribution is 2.03. The fourth-order valence-corrected chi connectivity index (χ4v) is 1.72. The first-order valence-corrected chi connectivity index (χ1v) is 5.54. The van der Waals surface area contributed by atoms with Crippen LogP contribution in [0.2, 0.25) is 0 Å². The third-order valence-electron chi connectivity index (χ3n) is 2.75. The molecular weight excluding hydrogens is 216 g/mol. The lowest BCUT2D eigenvalue weighted by Gasteiger charge is -2.15. The number of hydrazone groups is 1. The van der Waals surface area contributed by atoms with Crippen LogP contribution < -0.4 is 5.43 Å². The van der Waals surface area contributed by atoms with Gasteiger partial charge in [-0.3, -0.25) is 4.79 Å². The maximum absolute atomic E-state index is 11.8. The molecule has 1 saturated heterocycles. The lowest BCUT2D eigenvalue weighted by atomic mass is 10.2. The highest BCUT2D eigenvalue weighted by Gasteiger charge is 2.20. The molecule has 1 aromatic carbocycles. The van der Waals surface area contributed by atoms with Crippen LogP contribution in [0, 0.1) is 0 Å². The number of rotatable bonds is 2. The van der Waals surface area contributed by atoms with Crippen molar-refractivity contribution in [2.24, 2.45) is 5.10 Å². The molecular formula is C12H16N4O. The number of carbonyl (C=O) groups excluding carboxylic acids is 1. The SMILES string of the molecule is CN1CCN(C)C1=NNC(=O)c1ccccc1. The van der Waals surface area contributed by atoms with Gasteiger partial charge in [-0.25, -0.2) is 5.43 Å². The molecule has 0 atom stereocenters. The van der Waals surface area contributed by atoms with Gasteiger partial charge in [-0.05, 0) is 12.1 Å². The van der Waals surface area contributed by atoms with Gasteiger partial charge in [-0.1, -0.05) is 18.2 Å². The topological polar surface area (TPSA) is 47.9 Å². The van der Waals surface area contributed by atoms with Crippen molar-refractivity contribution < 1.29 is 4.79 Å². The van der Waals surface area contributed by atoms with E-state index in [1.165, 1.54) is 0 Å². The molecule has 90 valence electrons. The van der Waals surface area contributed by atoms with Crippen LogP contribution in [0.15, 0.2) is 35.4 Å². The van der Waals surface area contributed by atoms with Gasteiger partial charge in [0.05, 0.1) is 0 Å². The normalized spacial score (nSPS) is 15.1. The molecule has 1 aliphatic heterocycles. The zero-order chi connectivity index (χ0) is 12.3. The Morgan fingerprint density at radius 1 is 1.18 bits per heavy atom. The average Bonchev–Trinajstić information content (AvgIpc) is 2.67. The first-order valence-electron chi connectivity index (χ1n) is 5.54. The van der Waals surface area contributed by atoms with Gasteiger partial charge in [-0.2, -0.15) is 0 Å². The van der Waals surface area contributed by atoms with Crippen LogP contribution in [0.3, 0.4) is 0 Å². The Balaban J connectivity index is 2.03. The summed E-state index contributed by atoms with van der Waals surface area (Å²) in [7, 11) is 3.91. The molecule has 1 N–H and O–H groups in total. The second-order valence-corrected chi connectivity index (χ2v) is 4.06. The van der Waals surface area contributed by atoms with Crippen molar-refractivity contribution in [2.75, 3.05) is 27.2 Å². The minimum absolute atomic E-state index is 0.188. The fourth-order valence-electron chi connectivity index (χ4n) is 1.72. The Hall–Kier alpha value is -2.04.